The fraction of sp³-hybridized carbons (Fsp3) is 0.807. The zero-order valence-electron chi connectivity index (χ0n) is 80.4. The molecule has 0 spiro atoms. The van der Waals surface area contributed by atoms with Crippen LogP contribution in [0.4, 0.5) is 0 Å². The number of hydrogen-bond acceptors (Lipinski definition) is 0. The average molecular weight is 1730 g/mol. The Hall–Kier alpha value is -2.55. The molecule has 119 heavy (non-hydrogen) atoms. The van der Waals surface area contributed by atoms with Crippen molar-refractivity contribution in [2.75, 3.05) is 0 Å². The van der Waals surface area contributed by atoms with Crippen molar-refractivity contribution >= 4 is 31.8 Å². The molecule has 0 amide bonds. The van der Waals surface area contributed by atoms with Crippen molar-refractivity contribution in [1.29, 1.82) is 0 Å². The van der Waals surface area contributed by atoms with Crippen molar-refractivity contribution in [3.63, 3.8) is 0 Å². The minimum atomic E-state index is 0.569. The first kappa shape index (κ1) is 113. The second-order valence-corrected chi connectivity index (χ2v) is 39.1. The fourth-order valence-corrected chi connectivity index (χ4v) is 18.3. The van der Waals surface area contributed by atoms with Gasteiger partial charge in [0, 0.05) is 40.7 Å². The van der Waals surface area contributed by atoms with E-state index in [9.17, 15) is 5.53 Å². The van der Waals surface area contributed by atoms with E-state index in [1.165, 1.54) is 522 Å². The van der Waals surface area contributed by atoms with Gasteiger partial charge in [-0.2, -0.15) is 0 Å². The van der Waals surface area contributed by atoms with E-state index in [0.29, 0.717) is 12.7 Å². The predicted octanol–water partition coefficient (Wildman–Crippen LogP) is 41.5. The Morgan fingerprint density at radius 1 is 0.261 bits per heavy atom. The zero-order chi connectivity index (χ0) is 85.4. The van der Waals surface area contributed by atoms with Gasteiger partial charge in [-0.25, -0.2) is 4.70 Å². The number of rotatable bonds is 87. The number of unbranched alkanes of at least 4 members (excludes halogenated alkanes) is 77. The van der Waals surface area contributed by atoms with Crippen molar-refractivity contribution in [1.82, 2.24) is 0 Å². The van der Waals surface area contributed by atoms with Gasteiger partial charge in [0.05, 0.1) is 5.57 Å². The number of aryl methyl sites for hydroxylation is 2. The maximum absolute atomic E-state index is 13.3. The number of allylic oxidation sites excluding steroid dienone is 4. The summed E-state index contributed by atoms with van der Waals surface area (Å²) < 4.78 is 1.65. The molecule has 1 heterocycles. The third kappa shape index (κ3) is 68.3. The molecule has 0 aromatic heterocycles. The summed E-state index contributed by atoms with van der Waals surface area (Å²) in [5.74, 6) is 14.8. The first-order chi connectivity index (χ1) is 58.9. The summed E-state index contributed by atoms with van der Waals surface area (Å²) in [7, 11) is 9.40. The summed E-state index contributed by atoms with van der Waals surface area (Å²) >= 11 is 0.569. The molecule has 2 nitrogen and oxygen atoms in total. The van der Waals surface area contributed by atoms with Gasteiger partial charge in [-0.3, -0.25) is 0 Å². The summed E-state index contributed by atoms with van der Waals surface area (Å²) in [5.41, 5.74) is 24.9. The summed E-state index contributed by atoms with van der Waals surface area (Å²) in [6.45, 7) is 13.9. The van der Waals surface area contributed by atoms with Crippen LogP contribution >= 0.6 is 20.4 Å². The molecule has 2 aromatic carbocycles. The molecule has 0 N–H and O–H groups in total. The normalized spacial score (nSPS) is 12.3. The predicted molar refractivity (Wildman–Crippen MR) is 534 cm³/mol. The topological polar surface area (TPSA) is 25.3 Å². The van der Waals surface area contributed by atoms with Gasteiger partial charge in [-0.15, -0.1) is 0 Å². The molecule has 0 bridgehead atoms. The van der Waals surface area contributed by atoms with Gasteiger partial charge in [-0.1, -0.05) is 559 Å². The monoisotopic (exact) mass is 1720 g/mol. The van der Waals surface area contributed by atoms with Crippen LogP contribution < -0.4 is 0 Å². The minimum absolute atomic E-state index is 0.569. The third-order valence-corrected chi connectivity index (χ3v) is 26.0. The summed E-state index contributed by atoms with van der Waals surface area (Å²) in [4.78, 5) is 0. The molecule has 0 saturated heterocycles. The first-order valence-electron chi connectivity index (χ1n) is 53.6. The molecular weight excluding hydrogens is 1530 g/mol. The van der Waals surface area contributed by atoms with Crippen LogP contribution in [-0.2, 0) is 25.5 Å². The van der Waals surface area contributed by atoms with E-state index in [1.54, 1.807) is 4.70 Å². The molecule has 0 unspecified atom stereocenters. The summed E-state index contributed by atoms with van der Waals surface area (Å²) in [6, 6.07) is 14.2. The Morgan fingerprint density at radius 2 is 0.487 bits per heavy atom. The van der Waals surface area contributed by atoms with Gasteiger partial charge in [0.1, 0.15) is 0 Å². The molecule has 2 aromatic rings. The van der Waals surface area contributed by atoms with Crippen LogP contribution in [0.5, 0.6) is 0 Å². The quantitative estimate of drug-likeness (QED) is 0.0273. The van der Waals surface area contributed by atoms with E-state index >= 15 is 0 Å². The van der Waals surface area contributed by atoms with E-state index in [2.05, 4.69) is 114 Å². The van der Waals surface area contributed by atoms with Crippen molar-refractivity contribution in [2.45, 2.75) is 594 Å². The van der Waals surface area contributed by atoms with Gasteiger partial charge >= 0.3 is 33.0 Å². The van der Waals surface area contributed by atoms with E-state index in [4.69, 9.17) is 20.4 Å². The summed E-state index contributed by atoms with van der Waals surface area (Å²) in [5, 5.41) is 0. The third-order valence-electron chi connectivity index (χ3n) is 26.0. The first-order valence-corrected chi connectivity index (χ1v) is 56.4. The number of hydrogen-bond donors (Lipinski definition) is 0. The van der Waals surface area contributed by atoms with E-state index in [0.717, 1.165) is 85.9 Å². The molecule has 0 radical (unpaired) electrons. The molecule has 0 atom stereocenters. The molecule has 0 aliphatic carbocycles. The molecule has 1 aliphatic rings. The Kier molecular flexibility index (Phi) is 85.3. The van der Waals surface area contributed by atoms with Crippen molar-refractivity contribution in [2.24, 2.45) is 0 Å². The molecule has 0 saturated carbocycles. The second kappa shape index (κ2) is 90.2. The molecule has 688 valence electrons. The van der Waals surface area contributed by atoms with Crippen molar-refractivity contribution in [3.8, 4) is 23.7 Å². The Bertz CT molecular complexity index is 2660. The van der Waals surface area contributed by atoms with Gasteiger partial charge in [-0.05, 0) is 106 Å². The van der Waals surface area contributed by atoms with Crippen molar-refractivity contribution in [3.05, 3.63) is 98.6 Å². The van der Waals surface area contributed by atoms with Crippen LogP contribution in [0.3, 0.4) is 0 Å². The zero-order valence-corrected chi connectivity index (χ0v) is 82.9. The second-order valence-electron chi connectivity index (χ2n) is 37.5. The molecule has 1 aliphatic heterocycles. The SMILES string of the molecule is CCCCCCCCCCCCCCCCCCCCCCC=CC1=C(c2cc(CCCC)cc(CCCC)c2)[N+](=[N-])C(c2cc(C#CCCCCCCCCCCCCCCCCCCCCCCCCCCC)cc(C#CCCCCCCCCCCCCCCCCCCCCCCCCCCC)c2)=C1CCCCCCCC.[Cl][Ni][Cl]. The van der Waals surface area contributed by atoms with E-state index in [-0.39, 0.29) is 0 Å². The number of nitrogens with zero attached hydrogens (tertiary/aromatic N) is 2. The molecular formula is C114H198Cl2N2Ni. The molecule has 3 rings (SSSR count). The van der Waals surface area contributed by atoms with Gasteiger partial charge in [0.2, 0.25) is 11.4 Å². The van der Waals surface area contributed by atoms with Crippen LogP contribution in [0.25, 0.3) is 16.9 Å². The van der Waals surface area contributed by atoms with Gasteiger partial charge < -0.3 is 5.53 Å². The molecule has 0 fully saturated rings. The van der Waals surface area contributed by atoms with Crippen molar-refractivity contribution < 1.29 is 17.4 Å². The van der Waals surface area contributed by atoms with E-state index in [1.807, 2.05) is 0 Å². The van der Waals surface area contributed by atoms with Gasteiger partial charge in [0.15, 0.2) is 0 Å². The van der Waals surface area contributed by atoms with Gasteiger partial charge in [0.25, 0.3) is 0 Å². The Labute approximate surface area is 759 Å². The summed E-state index contributed by atoms with van der Waals surface area (Å²) in [6.07, 6.45) is 122. The van der Waals surface area contributed by atoms with Crippen LogP contribution in [0.2, 0.25) is 0 Å². The Balaban J connectivity index is 0.0000157. The molecule has 5 heteroatoms. The Morgan fingerprint density at radius 3 is 0.748 bits per heavy atom. The number of benzene rings is 2. The van der Waals surface area contributed by atoms with Crippen LogP contribution in [0, 0.1) is 23.7 Å². The maximum atomic E-state index is 13.3. The van der Waals surface area contributed by atoms with Crippen LogP contribution in [-0.4, -0.2) is 4.70 Å². The van der Waals surface area contributed by atoms with E-state index < -0.39 is 0 Å². The standard InChI is InChI=1S/C114H198N2.2ClH.Ni/c1-7-13-19-23-27-30-33-36-39-42-45-48-51-53-55-57-59-61-64-67-70-73-76-79-82-85-89-95-107-100-108(96-90-86-83-80-77-74-71-68-65-62-60-58-56-54-52-49-46-43-40-37-34-31-28-24-20-14-8-2)104-110(103-107)114-111(97-91-87-26-22-16-10-4)112(113(116(114)115)109-101-105(93-17-11-5)99-106(102-109)94-18-12-6)98-92-88-84-81-78-75-72-69-66-63-50-47-44-41-38-35-32-29-25-21-15-9-3;;;/h92,98-104H,7-88,91,93-94,97H2,1-6H3;2*1H;/q;;;+2/p-2. The van der Waals surface area contributed by atoms with Crippen LogP contribution in [0.15, 0.2) is 59.7 Å². The van der Waals surface area contributed by atoms with Crippen LogP contribution in [0.1, 0.15) is 614 Å². The average Bonchev–Trinajstić information content (AvgIpc) is 1.60. The fourth-order valence-electron chi connectivity index (χ4n) is 18.3. The number of halogens is 2.